The number of hydrogen-bond donors (Lipinski definition) is 4. The second-order valence-corrected chi connectivity index (χ2v) is 9.49. The molecule has 0 aliphatic heterocycles. The van der Waals surface area contributed by atoms with Gasteiger partial charge in [-0.05, 0) is 119 Å². The highest BCUT2D eigenvalue weighted by Crippen LogP contribution is 2.10. The minimum Gasteiger partial charge on any atom is -0.508 e. The van der Waals surface area contributed by atoms with Crippen molar-refractivity contribution >= 4 is 36.2 Å². The molecular formula is C38H32N4O6. The zero-order chi connectivity index (χ0) is 34.4. The Labute approximate surface area is 277 Å². The Kier molecular flexibility index (Phi) is 14.9. The fourth-order valence-corrected chi connectivity index (χ4v) is 3.49. The molecule has 48 heavy (non-hydrogen) atoms. The maximum atomic E-state index is 10.2. The molecule has 0 unspecified atom stereocenters. The van der Waals surface area contributed by atoms with Crippen molar-refractivity contribution in [3.05, 3.63) is 180 Å². The zero-order valence-electron chi connectivity index (χ0n) is 25.6. The average molecular weight is 641 g/mol. The van der Waals surface area contributed by atoms with Crippen molar-refractivity contribution < 1.29 is 30.0 Å². The van der Waals surface area contributed by atoms with E-state index in [2.05, 4.69) is 44.2 Å². The van der Waals surface area contributed by atoms with Crippen molar-refractivity contribution in [1.82, 2.24) is 19.9 Å². The molecule has 0 radical (unpaired) electrons. The number of aromatic nitrogens is 4. The molecule has 0 saturated carbocycles. The number of hydrogen-bond acceptors (Lipinski definition) is 8. The van der Waals surface area contributed by atoms with Crippen molar-refractivity contribution in [3.8, 4) is 11.5 Å². The van der Waals surface area contributed by atoms with Crippen molar-refractivity contribution in [2.75, 3.05) is 0 Å². The maximum Gasteiger partial charge on any atom is 0.335 e. The molecule has 0 aliphatic rings. The Balaban J connectivity index is 0.000000176. The number of aromatic hydroxyl groups is 2. The van der Waals surface area contributed by atoms with Crippen LogP contribution in [0.1, 0.15) is 43.0 Å². The van der Waals surface area contributed by atoms with Gasteiger partial charge in [-0.2, -0.15) is 0 Å². The van der Waals surface area contributed by atoms with Crippen molar-refractivity contribution in [2.45, 2.75) is 0 Å². The molecule has 10 heteroatoms. The first-order chi connectivity index (χ1) is 23.3. The summed E-state index contributed by atoms with van der Waals surface area (Å²) in [5, 5.41) is 34.3. The van der Waals surface area contributed by atoms with E-state index in [0.29, 0.717) is 0 Å². The highest BCUT2D eigenvalue weighted by molar-refractivity contribution is 5.88. The summed E-state index contributed by atoms with van der Waals surface area (Å²) in [6, 6.07) is 26.5. The molecule has 0 bridgehead atoms. The number of rotatable bonds is 6. The van der Waals surface area contributed by atoms with Crippen molar-refractivity contribution in [3.63, 3.8) is 0 Å². The molecule has 2 aromatic carbocycles. The van der Waals surface area contributed by atoms with E-state index in [9.17, 15) is 9.59 Å². The van der Waals surface area contributed by atoms with Gasteiger partial charge in [0.05, 0.1) is 11.1 Å². The lowest BCUT2D eigenvalue weighted by molar-refractivity contribution is 0.0686. The van der Waals surface area contributed by atoms with Crippen LogP contribution in [0.3, 0.4) is 0 Å². The summed E-state index contributed by atoms with van der Waals surface area (Å²) in [6.07, 6.45) is 22.5. The average Bonchev–Trinajstić information content (AvgIpc) is 3.13. The van der Waals surface area contributed by atoms with Gasteiger partial charge in [0.25, 0.3) is 0 Å². The fraction of sp³-hybridized carbons (Fsp3) is 0. The van der Waals surface area contributed by atoms with Crippen LogP contribution in [0.5, 0.6) is 11.5 Å². The number of phenolic OH excluding ortho intramolecular Hbond substituents is 2. The van der Waals surface area contributed by atoms with Crippen LogP contribution in [-0.4, -0.2) is 52.3 Å². The molecule has 0 atom stereocenters. The monoisotopic (exact) mass is 640 g/mol. The summed E-state index contributed by atoms with van der Waals surface area (Å²) in [4.78, 5) is 36.3. The number of carbonyl (C=O) groups is 2. The van der Waals surface area contributed by atoms with Crippen LogP contribution >= 0.6 is 0 Å². The highest BCUT2D eigenvalue weighted by Gasteiger charge is 2.00. The van der Waals surface area contributed by atoms with E-state index in [-0.39, 0.29) is 22.6 Å². The van der Waals surface area contributed by atoms with Gasteiger partial charge in [-0.15, -0.1) is 0 Å². The number of nitrogens with zero attached hydrogens (tertiary/aromatic N) is 4. The minimum absolute atomic E-state index is 0.0741. The van der Waals surface area contributed by atoms with Crippen molar-refractivity contribution in [2.24, 2.45) is 0 Å². The first-order valence-electron chi connectivity index (χ1n) is 14.3. The Morgan fingerprint density at radius 1 is 0.375 bits per heavy atom. The van der Waals surface area contributed by atoms with Gasteiger partial charge in [0.2, 0.25) is 0 Å². The van der Waals surface area contributed by atoms with Gasteiger partial charge in [0, 0.05) is 49.6 Å². The lowest BCUT2D eigenvalue weighted by atomic mass is 10.2. The molecule has 0 fully saturated rings. The first kappa shape index (κ1) is 35.5. The van der Waals surface area contributed by atoms with Gasteiger partial charge in [-0.1, -0.05) is 24.3 Å². The molecular weight excluding hydrogens is 608 g/mol. The van der Waals surface area contributed by atoms with E-state index in [4.69, 9.17) is 20.4 Å². The molecule has 0 aliphatic carbocycles. The molecule has 4 aromatic heterocycles. The largest absolute Gasteiger partial charge is 0.508 e. The van der Waals surface area contributed by atoms with E-state index in [1.54, 1.807) is 49.6 Å². The molecule has 6 aromatic rings. The topological polar surface area (TPSA) is 167 Å². The van der Waals surface area contributed by atoms with E-state index < -0.39 is 11.9 Å². The van der Waals surface area contributed by atoms with Gasteiger partial charge in [-0.25, -0.2) is 9.59 Å². The van der Waals surface area contributed by atoms with Crippen LogP contribution in [0, 0.1) is 0 Å². The molecule has 0 saturated heterocycles. The van der Waals surface area contributed by atoms with Crippen LogP contribution in [0.4, 0.5) is 0 Å². The summed E-state index contributed by atoms with van der Waals surface area (Å²) in [6.45, 7) is 0. The second-order valence-electron chi connectivity index (χ2n) is 9.49. The smallest absolute Gasteiger partial charge is 0.335 e. The third kappa shape index (κ3) is 14.2. The van der Waals surface area contributed by atoms with Crippen LogP contribution in [0.25, 0.3) is 24.3 Å². The van der Waals surface area contributed by atoms with Gasteiger partial charge < -0.3 is 20.4 Å². The van der Waals surface area contributed by atoms with Crippen LogP contribution in [-0.2, 0) is 0 Å². The lowest BCUT2D eigenvalue weighted by Crippen LogP contribution is -1.93. The molecule has 0 spiro atoms. The van der Waals surface area contributed by atoms with E-state index in [1.165, 1.54) is 48.5 Å². The highest BCUT2D eigenvalue weighted by atomic mass is 16.4. The quantitative estimate of drug-likeness (QED) is 0.143. The summed E-state index contributed by atoms with van der Waals surface area (Å²) < 4.78 is 0. The third-order valence-electron chi connectivity index (χ3n) is 5.99. The van der Waals surface area contributed by atoms with Crippen molar-refractivity contribution in [1.29, 1.82) is 0 Å². The van der Waals surface area contributed by atoms with Gasteiger partial charge in [0.1, 0.15) is 11.5 Å². The number of carboxylic acids is 2. The predicted molar refractivity (Wildman–Crippen MR) is 185 cm³/mol. The fourth-order valence-electron chi connectivity index (χ4n) is 3.49. The molecule has 6 rings (SSSR count). The van der Waals surface area contributed by atoms with Crippen LogP contribution in [0.2, 0.25) is 0 Å². The van der Waals surface area contributed by atoms with Gasteiger partial charge in [0.15, 0.2) is 0 Å². The Bertz CT molecular complexity index is 1630. The zero-order valence-corrected chi connectivity index (χ0v) is 25.6. The SMILES string of the molecule is C(=C\c1ccncc1)/c1ccncc1.C(=C\c1ccncc1)/c1ccncc1.O=C(O)c1ccc(O)cc1.O=C(O)c1ccc(O)cc1. The number of benzene rings is 2. The number of aromatic carboxylic acids is 2. The Hall–Kier alpha value is -6.94. The van der Waals surface area contributed by atoms with E-state index >= 15 is 0 Å². The maximum absolute atomic E-state index is 10.2. The molecule has 10 nitrogen and oxygen atoms in total. The van der Waals surface area contributed by atoms with E-state index in [1.807, 2.05) is 48.5 Å². The Morgan fingerprint density at radius 2 is 0.583 bits per heavy atom. The van der Waals surface area contributed by atoms with Crippen LogP contribution < -0.4 is 0 Å². The summed E-state index contributed by atoms with van der Waals surface area (Å²) in [7, 11) is 0. The predicted octanol–water partition coefficient (Wildman–Crippen LogP) is 7.47. The molecule has 4 heterocycles. The molecule has 0 amide bonds. The van der Waals surface area contributed by atoms with Crippen LogP contribution in [0.15, 0.2) is 147 Å². The second kappa shape index (κ2) is 20.2. The summed E-state index contributed by atoms with van der Waals surface area (Å²) >= 11 is 0. The number of pyridine rings is 4. The minimum atomic E-state index is -0.986. The normalized spacial score (nSPS) is 10.0. The van der Waals surface area contributed by atoms with E-state index in [0.717, 1.165) is 22.3 Å². The molecule has 4 N–H and O–H groups in total. The standard InChI is InChI=1S/2C12H10N2.2C7H6O3/c2*1(11-3-7-13-8-4-11)2-12-5-9-14-10-6-12;2*8-6-3-1-5(2-4-6)7(9)10/h2*1-10H;2*1-4,8H,(H,9,10)/b2*2-1+;;. The Morgan fingerprint density at radius 3 is 0.771 bits per heavy atom. The van der Waals surface area contributed by atoms with Gasteiger partial charge >= 0.3 is 11.9 Å². The lowest BCUT2D eigenvalue weighted by Gasteiger charge is -1.92. The first-order valence-corrected chi connectivity index (χ1v) is 14.3. The summed E-state index contributed by atoms with van der Waals surface area (Å²) in [5.74, 6) is -1.82. The third-order valence-corrected chi connectivity index (χ3v) is 5.99. The van der Waals surface area contributed by atoms with Gasteiger partial charge in [-0.3, -0.25) is 19.9 Å². The summed E-state index contributed by atoms with van der Waals surface area (Å²) in [5.41, 5.74) is 4.96. The number of phenols is 2. The molecule has 240 valence electrons. The number of carboxylic acid groups (broad SMARTS) is 2.